The second kappa shape index (κ2) is 5.74. The minimum atomic E-state index is 0.469. The van der Waals surface area contributed by atoms with Gasteiger partial charge in [0.2, 0.25) is 0 Å². The van der Waals surface area contributed by atoms with Crippen LogP contribution in [0, 0.1) is 11.8 Å². The Morgan fingerprint density at radius 2 is 1.62 bits per heavy atom. The van der Waals surface area contributed by atoms with Crippen molar-refractivity contribution in [1.82, 2.24) is 0 Å². The summed E-state index contributed by atoms with van der Waals surface area (Å²) in [5.74, 6) is 1.60. The molecule has 1 rings (SSSR count). The molecule has 88 valence electrons. The molecule has 0 aliphatic heterocycles. The van der Waals surface area contributed by atoms with Gasteiger partial charge in [-0.25, -0.2) is 0 Å². The van der Waals surface area contributed by atoms with E-state index in [0.29, 0.717) is 17.8 Å². The number of nitrogen functional groups attached to an aromatic ring is 1. The van der Waals surface area contributed by atoms with E-state index in [4.69, 9.17) is 5.73 Å². The molecule has 2 N–H and O–H groups in total. The van der Waals surface area contributed by atoms with Crippen LogP contribution in [0.3, 0.4) is 0 Å². The molecule has 0 bridgehead atoms. The smallest absolute Gasteiger partial charge is 0.0349 e. The van der Waals surface area contributed by atoms with Crippen molar-refractivity contribution < 1.29 is 0 Å². The third-order valence-electron chi connectivity index (χ3n) is 3.07. The highest BCUT2D eigenvalue weighted by Gasteiger charge is 2.13. The van der Waals surface area contributed by atoms with Crippen molar-refractivity contribution in [2.45, 2.75) is 33.6 Å². The van der Waals surface area contributed by atoms with Crippen molar-refractivity contribution in [2.75, 3.05) is 5.73 Å². The summed E-state index contributed by atoms with van der Waals surface area (Å²) in [4.78, 5) is 0. The average molecular weight is 217 g/mol. The first-order valence-corrected chi connectivity index (χ1v) is 6.05. The first-order chi connectivity index (χ1) is 7.52. The normalized spacial score (nSPS) is 15.6. The van der Waals surface area contributed by atoms with Crippen LogP contribution in [-0.2, 0) is 0 Å². The van der Waals surface area contributed by atoms with Gasteiger partial charge in [-0.3, -0.25) is 0 Å². The number of nitrogens with two attached hydrogens (primary N) is 1. The van der Waals surface area contributed by atoms with Crippen LogP contribution in [0.5, 0.6) is 0 Å². The molecular weight excluding hydrogens is 194 g/mol. The predicted molar refractivity (Wildman–Crippen MR) is 72.4 cm³/mol. The Balaban J connectivity index is 2.78. The predicted octanol–water partition coefficient (Wildman–Crippen LogP) is 4.22. The number of allylic oxidation sites excluding steroid dienone is 2. The standard InChI is InChI=1S/C15H23N/c1-11(2)9-10-12(3)13(4)14-7-5-6-8-15(14)16/h5-13H,16H2,1-4H3/b10-9-. The minimum Gasteiger partial charge on any atom is -0.398 e. The van der Waals surface area contributed by atoms with Crippen LogP contribution in [0.25, 0.3) is 0 Å². The lowest BCUT2D eigenvalue weighted by Gasteiger charge is -2.19. The van der Waals surface area contributed by atoms with E-state index in [9.17, 15) is 0 Å². The van der Waals surface area contributed by atoms with Gasteiger partial charge in [-0.2, -0.15) is 0 Å². The molecule has 0 saturated heterocycles. The highest BCUT2D eigenvalue weighted by atomic mass is 14.6. The van der Waals surface area contributed by atoms with Gasteiger partial charge in [0.25, 0.3) is 0 Å². The highest BCUT2D eigenvalue weighted by Crippen LogP contribution is 2.29. The zero-order valence-electron chi connectivity index (χ0n) is 10.8. The molecule has 0 heterocycles. The fourth-order valence-corrected chi connectivity index (χ4v) is 1.77. The summed E-state index contributed by atoms with van der Waals surface area (Å²) in [6.07, 6.45) is 4.56. The van der Waals surface area contributed by atoms with Crippen LogP contribution in [-0.4, -0.2) is 0 Å². The van der Waals surface area contributed by atoms with Gasteiger partial charge in [0.1, 0.15) is 0 Å². The fourth-order valence-electron chi connectivity index (χ4n) is 1.77. The molecule has 0 fully saturated rings. The summed E-state index contributed by atoms with van der Waals surface area (Å²) >= 11 is 0. The molecule has 0 aliphatic carbocycles. The van der Waals surface area contributed by atoms with Gasteiger partial charge in [-0.05, 0) is 29.4 Å². The lowest BCUT2D eigenvalue weighted by atomic mass is 9.87. The van der Waals surface area contributed by atoms with Gasteiger partial charge < -0.3 is 5.73 Å². The molecule has 1 nitrogen and oxygen atoms in total. The fraction of sp³-hybridized carbons (Fsp3) is 0.467. The molecule has 1 aromatic carbocycles. The van der Waals surface area contributed by atoms with Crippen molar-refractivity contribution >= 4 is 5.69 Å². The van der Waals surface area contributed by atoms with Gasteiger partial charge in [0.05, 0.1) is 0 Å². The van der Waals surface area contributed by atoms with Crippen LogP contribution in [0.15, 0.2) is 36.4 Å². The van der Waals surface area contributed by atoms with E-state index in [0.717, 1.165) is 5.69 Å². The molecule has 1 heteroatoms. The van der Waals surface area contributed by atoms with Crippen LogP contribution < -0.4 is 5.73 Å². The van der Waals surface area contributed by atoms with E-state index in [2.05, 4.69) is 52.0 Å². The van der Waals surface area contributed by atoms with Crippen molar-refractivity contribution in [3.8, 4) is 0 Å². The van der Waals surface area contributed by atoms with Gasteiger partial charge in [0, 0.05) is 5.69 Å². The van der Waals surface area contributed by atoms with E-state index < -0.39 is 0 Å². The zero-order chi connectivity index (χ0) is 12.1. The SMILES string of the molecule is CC(C)/C=C\C(C)C(C)c1ccccc1N. The molecule has 1 aromatic rings. The maximum atomic E-state index is 5.99. The van der Waals surface area contributed by atoms with Crippen LogP contribution >= 0.6 is 0 Å². The summed E-state index contributed by atoms with van der Waals surface area (Å²) in [5.41, 5.74) is 8.15. The Labute approximate surface area is 99.4 Å². The molecule has 0 radical (unpaired) electrons. The van der Waals surface area contributed by atoms with Gasteiger partial charge in [-0.1, -0.05) is 58.0 Å². The third-order valence-corrected chi connectivity index (χ3v) is 3.07. The summed E-state index contributed by atoms with van der Waals surface area (Å²) in [6.45, 7) is 8.88. The van der Waals surface area contributed by atoms with Crippen molar-refractivity contribution in [3.05, 3.63) is 42.0 Å². The molecule has 0 amide bonds. The molecular formula is C15H23N. The molecule has 2 atom stereocenters. The van der Waals surface area contributed by atoms with E-state index in [1.807, 2.05) is 12.1 Å². The van der Waals surface area contributed by atoms with E-state index in [-0.39, 0.29) is 0 Å². The number of hydrogen-bond donors (Lipinski definition) is 1. The minimum absolute atomic E-state index is 0.469. The summed E-state index contributed by atoms with van der Waals surface area (Å²) in [7, 11) is 0. The number of para-hydroxylation sites is 1. The molecule has 0 spiro atoms. The lowest BCUT2D eigenvalue weighted by Crippen LogP contribution is -2.06. The molecule has 0 aromatic heterocycles. The first-order valence-electron chi connectivity index (χ1n) is 6.05. The molecule has 0 saturated carbocycles. The second-order valence-electron chi connectivity index (χ2n) is 4.91. The topological polar surface area (TPSA) is 26.0 Å². The summed E-state index contributed by atoms with van der Waals surface area (Å²) < 4.78 is 0. The van der Waals surface area contributed by atoms with Crippen LogP contribution in [0.1, 0.15) is 39.2 Å². The quantitative estimate of drug-likeness (QED) is 0.593. The number of benzene rings is 1. The Hall–Kier alpha value is -1.24. The van der Waals surface area contributed by atoms with Crippen molar-refractivity contribution in [1.29, 1.82) is 0 Å². The number of hydrogen-bond acceptors (Lipinski definition) is 1. The van der Waals surface area contributed by atoms with E-state index in [1.54, 1.807) is 0 Å². The Bertz CT molecular complexity index is 352. The Kier molecular flexibility index (Phi) is 4.60. The zero-order valence-corrected chi connectivity index (χ0v) is 10.8. The van der Waals surface area contributed by atoms with Gasteiger partial charge in [0.15, 0.2) is 0 Å². The first kappa shape index (κ1) is 12.8. The Morgan fingerprint density at radius 1 is 1.00 bits per heavy atom. The monoisotopic (exact) mass is 217 g/mol. The average Bonchev–Trinajstić information content (AvgIpc) is 2.25. The molecule has 0 aliphatic rings. The molecule has 2 unspecified atom stereocenters. The van der Waals surface area contributed by atoms with Crippen LogP contribution in [0.2, 0.25) is 0 Å². The highest BCUT2D eigenvalue weighted by molar-refractivity contribution is 5.48. The lowest BCUT2D eigenvalue weighted by molar-refractivity contribution is 0.588. The van der Waals surface area contributed by atoms with E-state index in [1.165, 1.54) is 5.56 Å². The van der Waals surface area contributed by atoms with Crippen molar-refractivity contribution in [2.24, 2.45) is 11.8 Å². The maximum Gasteiger partial charge on any atom is 0.0349 e. The largest absolute Gasteiger partial charge is 0.398 e. The third kappa shape index (κ3) is 3.41. The summed E-state index contributed by atoms with van der Waals surface area (Å²) in [6, 6.07) is 8.14. The second-order valence-corrected chi connectivity index (χ2v) is 4.91. The van der Waals surface area contributed by atoms with Gasteiger partial charge >= 0.3 is 0 Å². The Morgan fingerprint density at radius 3 is 2.19 bits per heavy atom. The number of rotatable bonds is 4. The van der Waals surface area contributed by atoms with Crippen LogP contribution in [0.4, 0.5) is 5.69 Å². The molecule has 16 heavy (non-hydrogen) atoms. The maximum absolute atomic E-state index is 5.99. The number of anilines is 1. The van der Waals surface area contributed by atoms with Gasteiger partial charge in [-0.15, -0.1) is 0 Å². The summed E-state index contributed by atoms with van der Waals surface area (Å²) in [5, 5.41) is 0. The van der Waals surface area contributed by atoms with Crippen molar-refractivity contribution in [3.63, 3.8) is 0 Å². The van der Waals surface area contributed by atoms with E-state index >= 15 is 0 Å².